The molecular weight excluding hydrogens is 528 g/mol. The summed E-state index contributed by atoms with van der Waals surface area (Å²) in [5.74, 6) is 0.588. The van der Waals surface area contributed by atoms with Gasteiger partial charge in [-0.15, -0.1) is 0 Å². The average Bonchev–Trinajstić information content (AvgIpc) is 3.77. The first-order valence-electron chi connectivity index (χ1n) is 17.2. The van der Waals surface area contributed by atoms with E-state index in [9.17, 15) is 15.2 Å². The van der Waals surface area contributed by atoms with Gasteiger partial charge in [-0.1, -0.05) is 58.6 Å². The maximum Gasteiger partial charge on any atom is 0.316 e. The Morgan fingerprint density at radius 1 is 1.19 bits per heavy atom. The molecular formula is C35H52N2O5. The molecule has 0 aromatic carbocycles. The van der Waals surface area contributed by atoms with E-state index >= 15 is 0 Å². The summed E-state index contributed by atoms with van der Waals surface area (Å²) in [4.78, 5) is 16.5. The van der Waals surface area contributed by atoms with Gasteiger partial charge < -0.3 is 24.2 Å². The number of likely N-dealkylation sites (tertiary alicyclic amines) is 1. The molecule has 7 nitrogen and oxygen atoms in total. The Hall–Kier alpha value is -1.46. The lowest BCUT2D eigenvalue weighted by molar-refractivity contribution is -0.195. The van der Waals surface area contributed by atoms with Crippen LogP contribution in [0, 0.1) is 63.1 Å². The van der Waals surface area contributed by atoms with Gasteiger partial charge in [0.25, 0.3) is 0 Å². The van der Waals surface area contributed by atoms with Crippen molar-refractivity contribution in [1.82, 2.24) is 4.90 Å². The van der Waals surface area contributed by atoms with Gasteiger partial charge in [0.15, 0.2) is 5.79 Å². The van der Waals surface area contributed by atoms with Gasteiger partial charge in [0.1, 0.15) is 5.41 Å². The van der Waals surface area contributed by atoms with Crippen LogP contribution in [0.4, 0.5) is 0 Å². The zero-order chi connectivity index (χ0) is 29.5. The number of rotatable bonds is 8. The van der Waals surface area contributed by atoms with Crippen molar-refractivity contribution in [2.45, 2.75) is 110 Å². The molecule has 3 saturated carbocycles. The van der Waals surface area contributed by atoms with E-state index in [1.807, 2.05) is 0 Å². The number of nitriles is 1. The van der Waals surface area contributed by atoms with Crippen molar-refractivity contribution >= 4 is 5.97 Å². The molecule has 3 aliphatic heterocycles. The lowest BCUT2D eigenvalue weighted by Gasteiger charge is -2.59. The SMILES string of the molecule is CCCCC1CC(C23C[C@@H]4[C@H](C)CC[C@H]4C4(C#N)CC2C=C(C(C)C)C34C(=O)O)OC1CN1CCC2(CC1)OCCO2. The third-order valence-corrected chi connectivity index (χ3v) is 13.7. The molecule has 6 fully saturated rings. The monoisotopic (exact) mass is 580 g/mol. The maximum absolute atomic E-state index is 14.0. The summed E-state index contributed by atoms with van der Waals surface area (Å²) in [5.41, 5.74) is -1.50. The largest absolute Gasteiger partial charge is 0.481 e. The number of hydrogen-bond acceptors (Lipinski definition) is 6. The van der Waals surface area contributed by atoms with E-state index < -0.39 is 22.2 Å². The summed E-state index contributed by atoms with van der Waals surface area (Å²) in [7, 11) is 0. The lowest BCUT2D eigenvalue weighted by atomic mass is 9.41. The Morgan fingerprint density at radius 2 is 1.93 bits per heavy atom. The summed E-state index contributed by atoms with van der Waals surface area (Å²) in [6.07, 6.45) is 12.1. The molecule has 4 aliphatic carbocycles. The predicted octanol–water partition coefficient (Wildman–Crippen LogP) is 6.04. The van der Waals surface area contributed by atoms with Crippen molar-refractivity contribution in [1.29, 1.82) is 5.26 Å². The van der Waals surface area contributed by atoms with E-state index in [1.165, 1.54) is 6.42 Å². The first-order chi connectivity index (χ1) is 20.2. The Morgan fingerprint density at radius 3 is 2.57 bits per heavy atom. The molecule has 7 unspecified atom stereocenters. The van der Waals surface area contributed by atoms with Gasteiger partial charge in [0, 0.05) is 37.9 Å². The van der Waals surface area contributed by atoms with Gasteiger partial charge >= 0.3 is 5.97 Å². The van der Waals surface area contributed by atoms with Crippen LogP contribution in [0.2, 0.25) is 0 Å². The molecule has 0 radical (unpaired) electrons. The van der Waals surface area contributed by atoms with Crippen LogP contribution in [0.5, 0.6) is 0 Å². The third kappa shape index (κ3) is 3.68. The lowest BCUT2D eigenvalue weighted by Crippen LogP contribution is -2.64. The van der Waals surface area contributed by atoms with Crippen LogP contribution in [0.3, 0.4) is 0 Å². The molecule has 7 rings (SSSR count). The minimum absolute atomic E-state index is 0.0962. The summed E-state index contributed by atoms with van der Waals surface area (Å²) in [6.45, 7) is 13.0. The fraction of sp³-hybridized carbons (Fsp3) is 0.886. The quantitative estimate of drug-likeness (QED) is 0.350. The second-order valence-electron chi connectivity index (χ2n) is 15.5. The fourth-order valence-electron chi connectivity index (χ4n) is 12.0. The van der Waals surface area contributed by atoms with Crippen LogP contribution in [0.15, 0.2) is 11.6 Å². The van der Waals surface area contributed by atoms with Crippen molar-refractivity contribution in [2.24, 2.45) is 51.8 Å². The Balaban J connectivity index is 1.24. The van der Waals surface area contributed by atoms with Gasteiger partial charge in [-0.2, -0.15) is 5.26 Å². The van der Waals surface area contributed by atoms with Gasteiger partial charge in [0.2, 0.25) is 0 Å². The summed E-state index contributed by atoms with van der Waals surface area (Å²) >= 11 is 0. The summed E-state index contributed by atoms with van der Waals surface area (Å²) < 4.78 is 19.3. The molecule has 4 bridgehead atoms. The van der Waals surface area contributed by atoms with E-state index in [-0.39, 0.29) is 35.7 Å². The molecule has 0 amide bonds. The van der Waals surface area contributed by atoms with Gasteiger partial charge in [-0.05, 0) is 67.6 Å². The number of ether oxygens (including phenoxy) is 3. The first-order valence-corrected chi connectivity index (χ1v) is 17.2. The summed E-state index contributed by atoms with van der Waals surface area (Å²) in [5, 5.41) is 22.6. The molecule has 7 heteroatoms. The van der Waals surface area contributed by atoms with Crippen molar-refractivity contribution < 1.29 is 24.1 Å². The molecule has 3 saturated heterocycles. The number of carboxylic acid groups (broad SMARTS) is 1. The summed E-state index contributed by atoms with van der Waals surface area (Å²) in [6, 6.07) is 2.82. The number of fused-ring (bicyclic) bond motifs is 2. The zero-order valence-corrected chi connectivity index (χ0v) is 26.3. The number of piperidine rings is 1. The van der Waals surface area contributed by atoms with E-state index in [2.05, 4.69) is 44.7 Å². The van der Waals surface area contributed by atoms with Crippen LogP contribution < -0.4 is 0 Å². The number of carboxylic acids is 1. The average molecular weight is 581 g/mol. The molecule has 42 heavy (non-hydrogen) atoms. The third-order valence-electron chi connectivity index (χ3n) is 13.7. The number of nitrogens with zero attached hydrogens (tertiary/aromatic N) is 2. The Bertz CT molecular complexity index is 1150. The molecule has 10 atom stereocenters. The highest BCUT2D eigenvalue weighted by molar-refractivity contribution is 5.86. The molecule has 7 aliphatic rings. The normalized spacial score (nSPS) is 47.2. The Kier molecular flexibility index (Phi) is 7.17. The minimum Gasteiger partial charge on any atom is -0.481 e. The maximum atomic E-state index is 14.0. The van der Waals surface area contributed by atoms with E-state index in [4.69, 9.17) is 14.2 Å². The van der Waals surface area contributed by atoms with Crippen LogP contribution in [-0.4, -0.2) is 66.8 Å². The van der Waals surface area contributed by atoms with Crippen molar-refractivity contribution in [3.63, 3.8) is 0 Å². The standard InChI is InChI=1S/C35H52N2O5/c1-5-6-7-24-16-30(42-29(24)20-37-12-10-33(11-13-37)40-14-15-41-33)34-19-26-23(4)8-9-27(26)32(21-36)18-25(34)17-28(22(2)3)35(32,34)31(38)39/h17,22-27,29-30H,5-16,18-20H2,1-4H3,(H,38,39)/t23-,24?,25?,26-,27-,29?,30?,32?,34?,35?/m1/s1. The molecule has 3 heterocycles. The van der Waals surface area contributed by atoms with Crippen molar-refractivity contribution in [3.8, 4) is 6.07 Å². The predicted molar refractivity (Wildman–Crippen MR) is 158 cm³/mol. The first kappa shape index (κ1) is 29.3. The fourth-order valence-corrected chi connectivity index (χ4v) is 12.0. The van der Waals surface area contributed by atoms with Crippen molar-refractivity contribution in [2.75, 3.05) is 32.8 Å². The van der Waals surface area contributed by atoms with Gasteiger partial charge in [-0.25, -0.2) is 0 Å². The van der Waals surface area contributed by atoms with E-state index in [0.717, 1.165) is 76.6 Å². The second-order valence-corrected chi connectivity index (χ2v) is 15.5. The highest BCUT2D eigenvalue weighted by Crippen LogP contribution is 2.84. The minimum atomic E-state index is -1.15. The van der Waals surface area contributed by atoms with Crippen LogP contribution in [-0.2, 0) is 19.0 Å². The number of allylic oxidation sites excluding steroid dienone is 1. The molecule has 1 spiro atoms. The van der Waals surface area contributed by atoms with Crippen LogP contribution in [0.25, 0.3) is 0 Å². The van der Waals surface area contributed by atoms with E-state index in [1.54, 1.807) is 0 Å². The van der Waals surface area contributed by atoms with Crippen molar-refractivity contribution in [3.05, 3.63) is 11.6 Å². The van der Waals surface area contributed by atoms with Gasteiger partial charge in [0.05, 0.1) is 36.9 Å². The molecule has 1 N–H and O–H groups in total. The van der Waals surface area contributed by atoms with E-state index in [0.29, 0.717) is 37.4 Å². The number of unbranched alkanes of at least 4 members (excludes halogenated alkanes) is 1. The highest BCUT2D eigenvalue weighted by Gasteiger charge is 2.86. The molecule has 0 aromatic rings. The Labute approximate surface area is 252 Å². The van der Waals surface area contributed by atoms with Crippen LogP contribution in [0.1, 0.15) is 91.9 Å². The van der Waals surface area contributed by atoms with Gasteiger partial charge in [-0.3, -0.25) is 4.79 Å². The molecule has 232 valence electrons. The smallest absolute Gasteiger partial charge is 0.316 e. The zero-order valence-electron chi connectivity index (χ0n) is 26.3. The van der Waals surface area contributed by atoms with Crippen LogP contribution >= 0.6 is 0 Å². The number of carbonyl (C=O) groups is 1. The highest BCUT2D eigenvalue weighted by atomic mass is 16.7. The number of hydrogen-bond donors (Lipinski definition) is 1. The number of aliphatic carboxylic acids is 1. The molecule has 0 aromatic heterocycles. The second kappa shape index (κ2) is 10.3. The topological polar surface area (TPSA) is 92.0 Å².